The fraction of sp³-hybridized carbons (Fsp3) is 0.562. The Morgan fingerprint density at radius 1 is 1.36 bits per heavy atom. The summed E-state index contributed by atoms with van der Waals surface area (Å²) in [5.41, 5.74) is 5.09. The molecule has 3 N–H and O–H groups in total. The van der Waals surface area contributed by atoms with Gasteiger partial charge in [0.2, 0.25) is 11.6 Å². The topological polar surface area (TPSA) is 120 Å². The number of amides is 1. The molecule has 0 unspecified atom stereocenters. The van der Waals surface area contributed by atoms with Crippen LogP contribution in [0, 0.1) is 5.92 Å². The molecule has 0 aromatic carbocycles. The molecule has 0 spiro atoms. The van der Waals surface area contributed by atoms with Crippen molar-refractivity contribution in [3.8, 4) is 0 Å². The number of carbonyl (C=O) groups excluding carboxylic acids is 3. The summed E-state index contributed by atoms with van der Waals surface area (Å²) in [6.07, 6.45) is -0.950. The van der Waals surface area contributed by atoms with Crippen LogP contribution in [0.5, 0.6) is 0 Å². The number of piperazine rings is 1. The highest BCUT2D eigenvalue weighted by molar-refractivity contribution is 6.24. The lowest BCUT2D eigenvalue weighted by Gasteiger charge is -2.44. The minimum atomic E-state index is -0.950. The molecule has 4 rings (SSSR count). The van der Waals surface area contributed by atoms with Crippen LogP contribution in [0.1, 0.15) is 6.92 Å². The Balaban J connectivity index is 1.86. The molecule has 25 heavy (non-hydrogen) atoms. The van der Waals surface area contributed by atoms with Crippen molar-refractivity contribution in [2.75, 3.05) is 27.4 Å². The molecule has 1 amide bonds. The minimum Gasteiger partial charge on any atom is -0.492 e. The van der Waals surface area contributed by atoms with Gasteiger partial charge in [0.25, 0.3) is 0 Å². The summed E-state index contributed by atoms with van der Waals surface area (Å²) in [5.74, 6) is -1.28. The van der Waals surface area contributed by atoms with E-state index in [2.05, 4.69) is 5.32 Å². The summed E-state index contributed by atoms with van der Waals surface area (Å²) in [7, 11) is 2.88. The number of primary amides is 1. The first-order chi connectivity index (χ1) is 11.9. The second-order valence-corrected chi connectivity index (χ2v) is 6.56. The third-order valence-electron chi connectivity index (χ3n) is 5.62. The molecule has 4 aliphatic rings. The van der Waals surface area contributed by atoms with E-state index in [4.69, 9.17) is 19.9 Å². The van der Waals surface area contributed by atoms with E-state index in [0.29, 0.717) is 12.2 Å². The van der Waals surface area contributed by atoms with E-state index < -0.39 is 17.7 Å². The Bertz CT molecular complexity index is 772. The molecule has 2 saturated heterocycles. The number of rotatable bonds is 4. The summed E-state index contributed by atoms with van der Waals surface area (Å²) in [6, 6.07) is -0.0245. The van der Waals surface area contributed by atoms with Crippen LogP contribution in [-0.4, -0.2) is 67.7 Å². The zero-order chi connectivity index (χ0) is 18.1. The highest BCUT2D eigenvalue weighted by Gasteiger charge is 2.74. The smallest absolute Gasteiger partial charge is 0.404 e. The van der Waals surface area contributed by atoms with Crippen molar-refractivity contribution in [2.24, 2.45) is 11.7 Å². The molecule has 3 aliphatic heterocycles. The van der Waals surface area contributed by atoms with Gasteiger partial charge in [-0.2, -0.15) is 0 Å². The zero-order valence-electron chi connectivity index (χ0n) is 14.1. The van der Waals surface area contributed by atoms with Gasteiger partial charge in [-0.15, -0.1) is 0 Å². The van der Waals surface area contributed by atoms with Crippen LogP contribution in [0.3, 0.4) is 0 Å². The molecule has 9 heteroatoms. The van der Waals surface area contributed by atoms with Gasteiger partial charge in [0.05, 0.1) is 30.8 Å². The number of nitrogens with one attached hydrogen (secondary N) is 1. The van der Waals surface area contributed by atoms with Crippen LogP contribution in [0.25, 0.3) is 0 Å². The van der Waals surface area contributed by atoms with Crippen molar-refractivity contribution in [3.63, 3.8) is 0 Å². The van der Waals surface area contributed by atoms with Crippen LogP contribution in [0.2, 0.25) is 0 Å². The first kappa shape index (κ1) is 16.1. The van der Waals surface area contributed by atoms with Gasteiger partial charge in [-0.25, -0.2) is 4.79 Å². The third kappa shape index (κ3) is 1.82. The first-order valence-corrected chi connectivity index (χ1v) is 7.98. The molecule has 134 valence electrons. The van der Waals surface area contributed by atoms with Gasteiger partial charge in [-0.1, -0.05) is 0 Å². The lowest BCUT2D eigenvalue weighted by Crippen LogP contribution is -2.62. The van der Waals surface area contributed by atoms with Crippen molar-refractivity contribution < 1.29 is 28.6 Å². The highest BCUT2D eigenvalue weighted by Crippen LogP contribution is 2.56. The molecular formula is C16H19N3O6. The Labute approximate surface area is 143 Å². The number of carbonyl (C=O) groups is 3. The number of ether oxygens (including phenoxy) is 3. The monoisotopic (exact) mass is 349 g/mol. The number of methoxy groups -OCH3 is 2. The van der Waals surface area contributed by atoms with Crippen LogP contribution in [0.15, 0.2) is 22.6 Å². The Morgan fingerprint density at radius 3 is 2.68 bits per heavy atom. The normalized spacial score (nSPS) is 35.6. The lowest BCUT2D eigenvalue weighted by atomic mass is 9.76. The average Bonchev–Trinajstić information content (AvgIpc) is 3.17. The third-order valence-corrected chi connectivity index (χ3v) is 5.62. The van der Waals surface area contributed by atoms with E-state index in [-0.39, 0.29) is 47.2 Å². The lowest BCUT2D eigenvalue weighted by molar-refractivity contribution is -0.128. The zero-order valence-corrected chi connectivity index (χ0v) is 14.1. The number of nitrogens with two attached hydrogens (primary N) is 1. The van der Waals surface area contributed by atoms with Crippen LogP contribution < -0.4 is 11.1 Å². The van der Waals surface area contributed by atoms with E-state index in [1.54, 1.807) is 6.92 Å². The Kier molecular flexibility index (Phi) is 3.26. The largest absolute Gasteiger partial charge is 0.492 e. The molecule has 1 aliphatic carbocycles. The van der Waals surface area contributed by atoms with Crippen molar-refractivity contribution in [1.82, 2.24) is 10.2 Å². The van der Waals surface area contributed by atoms with Crippen molar-refractivity contribution in [2.45, 2.75) is 24.7 Å². The number of Topliss-reactive ketones (excluding diaryl/α,β-unsaturated/α-hetero) is 2. The number of nitrogens with zero attached hydrogens (tertiary/aromatic N) is 1. The summed E-state index contributed by atoms with van der Waals surface area (Å²) in [6.45, 7) is 2.03. The molecule has 9 nitrogen and oxygen atoms in total. The van der Waals surface area contributed by atoms with Gasteiger partial charge in [-0.3, -0.25) is 14.9 Å². The summed E-state index contributed by atoms with van der Waals surface area (Å²) >= 11 is 0. The van der Waals surface area contributed by atoms with Crippen molar-refractivity contribution >= 4 is 17.7 Å². The standard InChI is InChI=1S/C16H19N3O6/c1-6-11(20)10-9(12(21)13(6)23-2)7(5-25-15(17)22)16(24-3)14-8(4-18-16)19(10)14/h7-8,14,18H,4-5H2,1-3H3,(H2,17,22)/t7-,8-,14-,16+,19?/m0/s1. The number of ketones is 2. The first-order valence-electron chi connectivity index (χ1n) is 7.98. The molecule has 0 saturated carbocycles. The van der Waals surface area contributed by atoms with E-state index in [0.717, 1.165) is 0 Å². The fourth-order valence-corrected chi connectivity index (χ4v) is 4.54. The molecule has 0 aromatic rings. The SMILES string of the molecule is COC1=C(C)C(=O)C2=C(C1=O)[C@H](COC(N)=O)[C@]1(OC)NC[C@H]3[C@@H]1N23. The highest BCUT2D eigenvalue weighted by atomic mass is 16.6. The summed E-state index contributed by atoms with van der Waals surface area (Å²) in [4.78, 5) is 39.0. The predicted molar refractivity (Wildman–Crippen MR) is 82.9 cm³/mol. The predicted octanol–water partition coefficient (Wildman–Crippen LogP) is -0.963. The second-order valence-electron chi connectivity index (χ2n) is 6.56. The summed E-state index contributed by atoms with van der Waals surface area (Å²) < 4.78 is 15.9. The van der Waals surface area contributed by atoms with E-state index in [1.807, 2.05) is 4.90 Å². The molecule has 2 fully saturated rings. The van der Waals surface area contributed by atoms with E-state index >= 15 is 0 Å². The maximum atomic E-state index is 13.0. The van der Waals surface area contributed by atoms with Gasteiger partial charge in [0.1, 0.15) is 6.61 Å². The maximum absolute atomic E-state index is 13.0. The molecule has 3 heterocycles. The number of fused-ring (bicyclic) bond motifs is 2. The Hall–Kier alpha value is -2.39. The number of hydrogen-bond acceptors (Lipinski definition) is 8. The van der Waals surface area contributed by atoms with E-state index in [1.165, 1.54) is 14.2 Å². The van der Waals surface area contributed by atoms with Crippen LogP contribution in [-0.2, 0) is 23.8 Å². The maximum Gasteiger partial charge on any atom is 0.404 e. The minimum absolute atomic E-state index is 0.00949. The van der Waals surface area contributed by atoms with Gasteiger partial charge < -0.3 is 24.8 Å². The fourth-order valence-electron chi connectivity index (χ4n) is 4.54. The molecular weight excluding hydrogens is 330 g/mol. The summed E-state index contributed by atoms with van der Waals surface area (Å²) in [5, 5.41) is 3.29. The van der Waals surface area contributed by atoms with Crippen molar-refractivity contribution in [3.05, 3.63) is 22.6 Å². The molecule has 0 bridgehead atoms. The van der Waals surface area contributed by atoms with Crippen LogP contribution >= 0.6 is 0 Å². The van der Waals surface area contributed by atoms with Crippen LogP contribution in [0.4, 0.5) is 4.79 Å². The molecule has 0 radical (unpaired) electrons. The molecule has 4 atom stereocenters. The number of hydrogen-bond donors (Lipinski definition) is 2. The molecule has 0 aromatic heterocycles. The van der Waals surface area contributed by atoms with Crippen molar-refractivity contribution in [1.29, 1.82) is 0 Å². The quantitative estimate of drug-likeness (QED) is 0.492. The average molecular weight is 349 g/mol. The van der Waals surface area contributed by atoms with E-state index in [9.17, 15) is 14.4 Å². The van der Waals surface area contributed by atoms with Gasteiger partial charge in [-0.05, 0) is 6.92 Å². The number of allylic oxidation sites excluding steroid dienone is 2. The van der Waals surface area contributed by atoms with Gasteiger partial charge >= 0.3 is 6.09 Å². The second kappa shape index (κ2) is 5.06. The van der Waals surface area contributed by atoms with Gasteiger partial charge in [0.15, 0.2) is 11.5 Å². The Morgan fingerprint density at radius 2 is 2.08 bits per heavy atom. The van der Waals surface area contributed by atoms with Gasteiger partial charge in [0, 0.05) is 24.8 Å².